The smallest absolute Gasteiger partial charge is 0.238 e. The number of methoxy groups -OCH3 is 3. The molecule has 7 heteroatoms. The van der Waals surface area contributed by atoms with E-state index in [1.165, 1.54) is 0 Å². The van der Waals surface area contributed by atoms with Crippen molar-refractivity contribution in [3.8, 4) is 17.2 Å². The van der Waals surface area contributed by atoms with Gasteiger partial charge in [0.2, 0.25) is 5.91 Å². The van der Waals surface area contributed by atoms with E-state index in [2.05, 4.69) is 10.2 Å². The number of rotatable bonds is 7. The number of ether oxygens (including phenoxy) is 3. The van der Waals surface area contributed by atoms with Gasteiger partial charge in [-0.2, -0.15) is 0 Å². The Kier molecular flexibility index (Phi) is 6.65. The average Bonchev–Trinajstić information content (AvgIpc) is 3.15. The van der Waals surface area contributed by atoms with Crippen LogP contribution in [0.15, 0.2) is 36.4 Å². The van der Waals surface area contributed by atoms with Crippen LogP contribution in [-0.2, 0) is 4.79 Å². The Hall–Kier alpha value is -2.44. The molecular weight excluding hydrogens is 380 g/mol. The molecule has 150 valence electrons. The topological polar surface area (TPSA) is 60.0 Å². The Morgan fingerprint density at radius 1 is 1.11 bits per heavy atom. The third-order valence-corrected chi connectivity index (χ3v) is 5.24. The first-order valence-electron chi connectivity index (χ1n) is 9.15. The summed E-state index contributed by atoms with van der Waals surface area (Å²) in [6, 6.07) is 11.1. The van der Waals surface area contributed by atoms with E-state index in [1.54, 1.807) is 39.5 Å². The fourth-order valence-electron chi connectivity index (χ4n) is 3.60. The first-order valence-corrected chi connectivity index (χ1v) is 9.53. The van der Waals surface area contributed by atoms with Crippen molar-refractivity contribution in [2.75, 3.05) is 39.7 Å². The number of anilines is 1. The van der Waals surface area contributed by atoms with Crippen molar-refractivity contribution in [2.45, 2.75) is 18.9 Å². The summed E-state index contributed by atoms with van der Waals surface area (Å²) in [6.07, 6.45) is 1.98. The van der Waals surface area contributed by atoms with Crippen LogP contribution in [0.25, 0.3) is 0 Å². The number of nitrogens with zero attached hydrogens (tertiary/aromatic N) is 1. The van der Waals surface area contributed by atoms with Gasteiger partial charge in [-0.05, 0) is 55.8 Å². The summed E-state index contributed by atoms with van der Waals surface area (Å²) in [5.41, 5.74) is 1.69. The molecule has 28 heavy (non-hydrogen) atoms. The quantitative estimate of drug-likeness (QED) is 0.751. The third-order valence-electron chi connectivity index (χ3n) is 4.94. The van der Waals surface area contributed by atoms with E-state index in [0.29, 0.717) is 16.5 Å². The van der Waals surface area contributed by atoms with E-state index in [4.69, 9.17) is 25.8 Å². The van der Waals surface area contributed by atoms with Crippen LogP contribution >= 0.6 is 11.6 Å². The van der Waals surface area contributed by atoms with Crippen LogP contribution in [0.1, 0.15) is 24.4 Å². The Labute approximate surface area is 170 Å². The van der Waals surface area contributed by atoms with Crippen molar-refractivity contribution < 1.29 is 19.0 Å². The summed E-state index contributed by atoms with van der Waals surface area (Å²) < 4.78 is 16.0. The van der Waals surface area contributed by atoms with Gasteiger partial charge in [-0.3, -0.25) is 9.69 Å². The van der Waals surface area contributed by atoms with E-state index in [-0.39, 0.29) is 18.5 Å². The van der Waals surface area contributed by atoms with Crippen LogP contribution in [0, 0.1) is 0 Å². The van der Waals surface area contributed by atoms with Crippen LogP contribution in [0.5, 0.6) is 17.2 Å². The van der Waals surface area contributed by atoms with Gasteiger partial charge in [-0.1, -0.05) is 11.6 Å². The largest absolute Gasteiger partial charge is 0.497 e. The van der Waals surface area contributed by atoms with E-state index in [9.17, 15) is 4.79 Å². The molecule has 1 aliphatic heterocycles. The van der Waals surface area contributed by atoms with Crippen molar-refractivity contribution in [3.63, 3.8) is 0 Å². The third kappa shape index (κ3) is 4.51. The van der Waals surface area contributed by atoms with E-state index in [1.807, 2.05) is 18.2 Å². The SMILES string of the molecule is COc1ccc(OC)c(C2CCCN2CC(=O)Nc2ccc(OC)c(Cl)c2)c1. The summed E-state index contributed by atoms with van der Waals surface area (Å²) in [7, 11) is 4.86. The number of benzene rings is 2. The molecule has 0 aromatic heterocycles. The number of likely N-dealkylation sites (tertiary alicyclic amines) is 1. The number of carbonyl (C=O) groups excluding carboxylic acids is 1. The molecule has 0 aliphatic carbocycles. The predicted molar refractivity (Wildman–Crippen MR) is 110 cm³/mol. The van der Waals surface area contributed by atoms with Crippen LogP contribution in [0.4, 0.5) is 5.69 Å². The lowest BCUT2D eigenvalue weighted by molar-refractivity contribution is -0.117. The molecule has 6 nitrogen and oxygen atoms in total. The van der Waals surface area contributed by atoms with Crippen LogP contribution < -0.4 is 19.5 Å². The molecule has 0 spiro atoms. The minimum absolute atomic E-state index is 0.0880. The van der Waals surface area contributed by atoms with Crippen LogP contribution in [-0.4, -0.2) is 45.2 Å². The molecule has 1 saturated heterocycles. The second-order valence-electron chi connectivity index (χ2n) is 6.63. The minimum atomic E-state index is -0.0880. The summed E-state index contributed by atoms with van der Waals surface area (Å²) >= 11 is 6.14. The molecule has 0 saturated carbocycles. The number of carbonyl (C=O) groups is 1. The first kappa shape index (κ1) is 20.3. The highest BCUT2D eigenvalue weighted by Crippen LogP contribution is 2.38. The second-order valence-corrected chi connectivity index (χ2v) is 7.04. The molecule has 0 bridgehead atoms. The number of hydrogen-bond donors (Lipinski definition) is 1. The van der Waals surface area contributed by atoms with Gasteiger partial charge in [0.25, 0.3) is 0 Å². The molecule has 1 heterocycles. The average molecular weight is 405 g/mol. The molecule has 0 radical (unpaired) electrons. The normalized spacial score (nSPS) is 16.6. The highest BCUT2D eigenvalue weighted by atomic mass is 35.5. The van der Waals surface area contributed by atoms with Crippen molar-refractivity contribution in [1.29, 1.82) is 0 Å². The van der Waals surface area contributed by atoms with Crippen LogP contribution in [0.2, 0.25) is 5.02 Å². The molecule has 1 fully saturated rings. The lowest BCUT2D eigenvalue weighted by Crippen LogP contribution is -2.33. The van der Waals surface area contributed by atoms with Gasteiger partial charge in [0.15, 0.2) is 0 Å². The summed E-state index contributed by atoms with van der Waals surface area (Å²) in [5, 5.41) is 3.37. The zero-order chi connectivity index (χ0) is 20.1. The van der Waals surface area contributed by atoms with E-state index >= 15 is 0 Å². The highest BCUT2D eigenvalue weighted by Gasteiger charge is 2.30. The first-order chi connectivity index (χ1) is 13.5. The van der Waals surface area contributed by atoms with Gasteiger partial charge in [-0.25, -0.2) is 0 Å². The van der Waals surface area contributed by atoms with Crippen molar-refractivity contribution in [3.05, 3.63) is 47.0 Å². The molecule has 2 aromatic rings. The molecule has 1 atom stereocenters. The number of nitrogens with one attached hydrogen (secondary N) is 1. The standard InChI is InChI=1S/C21H25ClN2O4/c1-26-15-7-9-19(27-2)16(12-15)18-5-4-10-24(18)13-21(25)23-14-6-8-20(28-3)17(22)11-14/h6-9,11-12,18H,4-5,10,13H2,1-3H3,(H,23,25). The van der Waals surface area contributed by atoms with Crippen LogP contribution in [0.3, 0.4) is 0 Å². The van der Waals surface area contributed by atoms with E-state index < -0.39 is 0 Å². The molecular formula is C21H25ClN2O4. The maximum atomic E-state index is 12.6. The Morgan fingerprint density at radius 3 is 2.54 bits per heavy atom. The maximum absolute atomic E-state index is 12.6. The van der Waals surface area contributed by atoms with Gasteiger partial charge in [-0.15, -0.1) is 0 Å². The fraction of sp³-hybridized carbons (Fsp3) is 0.381. The van der Waals surface area contributed by atoms with Crippen molar-refractivity contribution in [1.82, 2.24) is 4.90 Å². The molecule has 2 aromatic carbocycles. The zero-order valence-corrected chi connectivity index (χ0v) is 17.1. The van der Waals surface area contributed by atoms with Gasteiger partial charge >= 0.3 is 0 Å². The molecule has 1 N–H and O–H groups in total. The fourth-order valence-corrected chi connectivity index (χ4v) is 3.85. The predicted octanol–water partition coefficient (Wildman–Crippen LogP) is 4.14. The Balaban J connectivity index is 1.71. The number of amides is 1. The Bertz CT molecular complexity index is 843. The molecule has 1 unspecified atom stereocenters. The molecule has 1 aliphatic rings. The number of halogens is 1. The van der Waals surface area contributed by atoms with E-state index in [0.717, 1.165) is 36.4 Å². The van der Waals surface area contributed by atoms with Crippen molar-refractivity contribution in [2.24, 2.45) is 0 Å². The summed E-state index contributed by atoms with van der Waals surface area (Å²) in [6.45, 7) is 1.14. The lowest BCUT2D eigenvalue weighted by Gasteiger charge is -2.26. The second kappa shape index (κ2) is 9.17. The highest BCUT2D eigenvalue weighted by molar-refractivity contribution is 6.32. The van der Waals surface area contributed by atoms with Gasteiger partial charge in [0, 0.05) is 17.3 Å². The maximum Gasteiger partial charge on any atom is 0.238 e. The lowest BCUT2D eigenvalue weighted by atomic mass is 10.0. The summed E-state index contributed by atoms with van der Waals surface area (Å²) in [4.78, 5) is 14.8. The zero-order valence-electron chi connectivity index (χ0n) is 16.3. The molecule has 3 rings (SSSR count). The number of hydrogen-bond acceptors (Lipinski definition) is 5. The van der Waals surface area contributed by atoms with Crippen molar-refractivity contribution >= 4 is 23.2 Å². The monoisotopic (exact) mass is 404 g/mol. The molecule has 1 amide bonds. The van der Waals surface area contributed by atoms with Gasteiger partial charge in [0.1, 0.15) is 17.2 Å². The van der Waals surface area contributed by atoms with Gasteiger partial charge < -0.3 is 19.5 Å². The van der Waals surface area contributed by atoms with Gasteiger partial charge in [0.05, 0.1) is 32.9 Å². The summed E-state index contributed by atoms with van der Waals surface area (Å²) in [5.74, 6) is 2.07. The minimum Gasteiger partial charge on any atom is -0.497 e. The Morgan fingerprint density at radius 2 is 1.86 bits per heavy atom.